The topological polar surface area (TPSA) is 118 Å². The molecule has 9 nitrogen and oxygen atoms in total. The lowest BCUT2D eigenvalue weighted by molar-refractivity contribution is 0.0963. The first-order valence-corrected chi connectivity index (χ1v) is 9.17. The molecule has 0 unspecified atom stereocenters. The molecule has 9 heteroatoms. The third kappa shape index (κ3) is 4.69. The highest BCUT2D eigenvalue weighted by Gasteiger charge is 2.18. The minimum absolute atomic E-state index is 0.223. The van der Waals surface area contributed by atoms with Crippen LogP contribution in [0.4, 0.5) is 17.3 Å². The predicted molar refractivity (Wildman–Crippen MR) is 113 cm³/mol. The van der Waals surface area contributed by atoms with Crippen LogP contribution >= 0.6 is 0 Å². The van der Waals surface area contributed by atoms with Crippen LogP contribution in [0.5, 0.6) is 5.75 Å². The fourth-order valence-electron chi connectivity index (χ4n) is 2.88. The number of aromatic nitrogens is 3. The fraction of sp³-hybridized carbons (Fsp3) is 0.190. The van der Waals surface area contributed by atoms with Gasteiger partial charge >= 0.3 is 0 Å². The van der Waals surface area contributed by atoms with Crippen molar-refractivity contribution in [3.63, 3.8) is 0 Å². The van der Waals surface area contributed by atoms with E-state index in [1.54, 1.807) is 43.3 Å². The summed E-state index contributed by atoms with van der Waals surface area (Å²) >= 11 is 0. The molecule has 3 aromatic rings. The Morgan fingerprint density at radius 2 is 1.73 bits per heavy atom. The van der Waals surface area contributed by atoms with Gasteiger partial charge < -0.3 is 20.7 Å². The molecule has 30 heavy (non-hydrogen) atoms. The summed E-state index contributed by atoms with van der Waals surface area (Å²) in [5.74, 6) is 1.22. The van der Waals surface area contributed by atoms with Gasteiger partial charge in [0, 0.05) is 31.1 Å². The molecule has 2 aromatic heterocycles. The van der Waals surface area contributed by atoms with Crippen LogP contribution in [0.1, 0.15) is 32.2 Å². The van der Waals surface area contributed by atoms with Gasteiger partial charge in [-0.25, -0.2) is 15.0 Å². The van der Waals surface area contributed by atoms with Crippen LogP contribution in [0.25, 0.3) is 0 Å². The van der Waals surface area contributed by atoms with Gasteiger partial charge in [-0.2, -0.15) is 0 Å². The Balaban J connectivity index is 1.95. The van der Waals surface area contributed by atoms with Crippen molar-refractivity contribution in [1.82, 2.24) is 20.3 Å². The molecule has 0 fully saturated rings. The van der Waals surface area contributed by atoms with Crippen molar-refractivity contribution < 1.29 is 14.3 Å². The fourth-order valence-corrected chi connectivity index (χ4v) is 2.88. The average molecular weight is 406 g/mol. The zero-order valence-electron chi connectivity index (χ0n) is 17.1. The van der Waals surface area contributed by atoms with E-state index in [1.165, 1.54) is 20.4 Å². The average Bonchev–Trinajstić information content (AvgIpc) is 2.72. The van der Waals surface area contributed by atoms with Crippen LogP contribution in [-0.4, -0.2) is 40.9 Å². The van der Waals surface area contributed by atoms with Crippen LogP contribution in [0, 0.1) is 13.8 Å². The Bertz CT molecular complexity index is 1080. The number of carbonyl (C=O) groups excluding carboxylic acids is 2. The van der Waals surface area contributed by atoms with Gasteiger partial charge in [0.05, 0.1) is 23.9 Å². The number of carbonyl (C=O) groups is 2. The third-order valence-electron chi connectivity index (χ3n) is 4.20. The van der Waals surface area contributed by atoms with E-state index in [0.29, 0.717) is 34.5 Å². The van der Waals surface area contributed by atoms with E-state index in [4.69, 9.17) is 4.74 Å². The highest BCUT2D eigenvalue weighted by molar-refractivity contribution is 6.10. The number of para-hydroxylation sites is 1. The molecule has 0 aliphatic carbocycles. The number of benzene rings is 1. The maximum atomic E-state index is 12.8. The van der Waals surface area contributed by atoms with Crippen molar-refractivity contribution in [2.45, 2.75) is 13.8 Å². The Labute approximate surface area is 173 Å². The summed E-state index contributed by atoms with van der Waals surface area (Å²) in [6, 6.07) is 10.2. The van der Waals surface area contributed by atoms with Gasteiger partial charge in [0.1, 0.15) is 23.2 Å². The maximum absolute atomic E-state index is 12.8. The Morgan fingerprint density at radius 1 is 0.967 bits per heavy atom. The first kappa shape index (κ1) is 20.7. The van der Waals surface area contributed by atoms with Crippen LogP contribution in [0.2, 0.25) is 0 Å². The van der Waals surface area contributed by atoms with E-state index < -0.39 is 5.91 Å². The second kappa shape index (κ2) is 8.99. The molecule has 0 radical (unpaired) electrons. The number of aryl methyl sites for hydroxylation is 2. The molecule has 3 rings (SSSR count). The quantitative estimate of drug-likeness (QED) is 0.576. The number of amides is 2. The van der Waals surface area contributed by atoms with Crippen molar-refractivity contribution in [2.75, 3.05) is 24.8 Å². The molecule has 0 bridgehead atoms. The Hall–Kier alpha value is -4.01. The van der Waals surface area contributed by atoms with Crippen LogP contribution in [0.15, 0.2) is 42.6 Å². The molecule has 3 N–H and O–H groups in total. The highest BCUT2D eigenvalue weighted by Crippen LogP contribution is 2.24. The molecule has 2 heterocycles. The molecular formula is C21H22N6O3. The van der Waals surface area contributed by atoms with Gasteiger partial charge in [-0.3, -0.25) is 9.59 Å². The van der Waals surface area contributed by atoms with Crippen molar-refractivity contribution in [3.8, 4) is 5.75 Å². The van der Waals surface area contributed by atoms with Crippen LogP contribution in [-0.2, 0) is 0 Å². The van der Waals surface area contributed by atoms with Gasteiger partial charge in [0.15, 0.2) is 0 Å². The summed E-state index contributed by atoms with van der Waals surface area (Å²) in [6.07, 6.45) is 1.39. The maximum Gasteiger partial charge on any atom is 0.259 e. The highest BCUT2D eigenvalue weighted by atomic mass is 16.5. The molecule has 0 saturated carbocycles. The summed E-state index contributed by atoms with van der Waals surface area (Å²) in [4.78, 5) is 37.9. The van der Waals surface area contributed by atoms with Gasteiger partial charge in [-0.15, -0.1) is 0 Å². The number of hydrogen-bond acceptors (Lipinski definition) is 7. The number of rotatable bonds is 6. The zero-order valence-corrected chi connectivity index (χ0v) is 17.1. The largest absolute Gasteiger partial charge is 0.496 e. The van der Waals surface area contributed by atoms with E-state index in [0.717, 1.165) is 5.69 Å². The summed E-state index contributed by atoms with van der Waals surface area (Å²) < 4.78 is 5.25. The van der Waals surface area contributed by atoms with Crippen LogP contribution < -0.4 is 20.7 Å². The van der Waals surface area contributed by atoms with Gasteiger partial charge in [0.25, 0.3) is 11.8 Å². The number of hydrogen-bond donors (Lipinski definition) is 3. The summed E-state index contributed by atoms with van der Waals surface area (Å²) in [6.45, 7) is 3.65. The Kier molecular flexibility index (Phi) is 6.21. The standard InChI is InChI=1S/C21H22N6O3/c1-12-9-19(25-13(2)24-12)27-18-10-16(15(11-23-18)20(28)22-3)26-21(29)14-7-5-6-8-17(14)30-4/h5-11H,1-4H3,(H,22,28)(H2,23,24,25,26,27,29). The number of nitrogens with one attached hydrogen (secondary N) is 3. The second-order valence-corrected chi connectivity index (χ2v) is 6.42. The third-order valence-corrected chi connectivity index (χ3v) is 4.20. The summed E-state index contributed by atoms with van der Waals surface area (Å²) in [5.41, 5.74) is 1.67. The van der Waals surface area contributed by atoms with E-state index in [-0.39, 0.29) is 11.5 Å². The normalized spacial score (nSPS) is 10.3. The minimum Gasteiger partial charge on any atom is -0.496 e. The SMILES string of the molecule is CNC(=O)c1cnc(Nc2cc(C)nc(C)n2)cc1NC(=O)c1ccccc1OC. The number of nitrogens with zero attached hydrogens (tertiary/aromatic N) is 3. The smallest absolute Gasteiger partial charge is 0.259 e. The number of anilines is 3. The lowest BCUT2D eigenvalue weighted by Gasteiger charge is -2.14. The lowest BCUT2D eigenvalue weighted by atomic mass is 10.1. The number of methoxy groups -OCH3 is 1. The first-order valence-electron chi connectivity index (χ1n) is 9.17. The van der Waals surface area contributed by atoms with E-state index in [9.17, 15) is 9.59 Å². The molecule has 1 aromatic carbocycles. The lowest BCUT2D eigenvalue weighted by Crippen LogP contribution is -2.22. The molecule has 0 aliphatic heterocycles. The minimum atomic E-state index is -0.413. The Morgan fingerprint density at radius 3 is 2.43 bits per heavy atom. The van der Waals surface area contributed by atoms with Gasteiger partial charge in [-0.05, 0) is 26.0 Å². The van der Waals surface area contributed by atoms with E-state index >= 15 is 0 Å². The monoisotopic (exact) mass is 406 g/mol. The molecule has 0 spiro atoms. The molecule has 0 saturated heterocycles. The van der Waals surface area contributed by atoms with Crippen molar-refractivity contribution in [2.24, 2.45) is 0 Å². The van der Waals surface area contributed by atoms with Crippen molar-refractivity contribution in [3.05, 3.63) is 65.2 Å². The van der Waals surface area contributed by atoms with Gasteiger partial charge in [0.2, 0.25) is 0 Å². The van der Waals surface area contributed by atoms with E-state index in [2.05, 4.69) is 30.9 Å². The summed E-state index contributed by atoms with van der Waals surface area (Å²) in [5, 5.41) is 8.39. The van der Waals surface area contributed by atoms with Crippen molar-refractivity contribution in [1.29, 1.82) is 0 Å². The molecule has 2 amide bonds. The zero-order chi connectivity index (χ0) is 21.7. The molecule has 0 atom stereocenters. The van der Waals surface area contributed by atoms with Gasteiger partial charge in [-0.1, -0.05) is 12.1 Å². The second-order valence-electron chi connectivity index (χ2n) is 6.42. The predicted octanol–water partition coefficient (Wildman–Crippen LogP) is 2.85. The molecule has 0 aliphatic rings. The van der Waals surface area contributed by atoms with E-state index in [1.807, 2.05) is 6.92 Å². The van der Waals surface area contributed by atoms with Crippen LogP contribution in [0.3, 0.4) is 0 Å². The van der Waals surface area contributed by atoms with Crippen molar-refractivity contribution >= 4 is 29.1 Å². The number of ether oxygens (including phenoxy) is 1. The molecular weight excluding hydrogens is 384 g/mol. The number of pyridine rings is 1. The summed E-state index contributed by atoms with van der Waals surface area (Å²) in [7, 11) is 3.00. The molecule has 154 valence electrons. The first-order chi connectivity index (χ1) is 14.4.